The van der Waals surface area contributed by atoms with Gasteiger partial charge < -0.3 is 0 Å². The fourth-order valence-electron chi connectivity index (χ4n) is 0.558. The highest BCUT2D eigenvalue weighted by molar-refractivity contribution is 5.07. The van der Waals surface area contributed by atoms with Crippen LogP contribution < -0.4 is 0 Å². The minimum absolute atomic E-state index is 0.789. The third kappa shape index (κ3) is 1.26. The van der Waals surface area contributed by atoms with Crippen molar-refractivity contribution in [1.29, 1.82) is 0 Å². The van der Waals surface area contributed by atoms with Gasteiger partial charge in [-0.15, -0.1) is 0 Å². The van der Waals surface area contributed by atoms with E-state index in [9.17, 15) is 13.2 Å². The normalized spacial score (nSPS) is 10.4. The fraction of sp³-hybridized carbons (Fsp3) is 0.167. The molecule has 0 unspecified atom stereocenters. The summed E-state index contributed by atoms with van der Waals surface area (Å²) in [6.07, 6.45) is -1.70. The van der Waals surface area contributed by atoms with Gasteiger partial charge in [0.1, 0.15) is 5.69 Å². The molecule has 0 radical (unpaired) electrons. The first-order valence-corrected chi connectivity index (χ1v) is 2.60. The molecule has 0 bridgehead atoms. The summed E-state index contributed by atoms with van der Waals surface area (Å²) in [4.78, 5) is 3.15. The number of nitrogens with zero attached hydrogens (tertiary/aromatic N) is 1. The molecule has 1 heterocycles. The predicted molar refractivity (Wildman–Crippen MR) is 29.2 cm³/mol. The highest BCUT2D eigenvalue weighted by Crippen LogP contribution is 2.17. The van der Waals surface area contributed by atoms with Crippen molar-refractivity contribution in [2.24, 2.45) is 0 Å². The molecule has 1 nitrogen and oxygen atoms in total. The number of halogens is 3. The molecule has 1 aromatic rings. The Morgan fingerprint density at radius 2 is 2.10 bits per heavy atom. The second kappa shape index (κ2) is 2.68. The van der Waals surface area contributed by atoms with E-state index in [0.29, 0.717) is 0 Å². The SMILES string of the molecule is Fc1cccnc1C(F)F. The first-order valence-electron chi connectivity index (χ1n) is 2.60. The van der Waals surface area contributed by atoms with Crippen LogP contribution in [0.15, 0.2) is 18.3 Å². The van der Waals surface area contributed by atoms with Gasteiger partial charge in [-0.3, -0.25) is 4.98 Å². The Morgan fingerprint density at radius 3 is 2.50 bits per heavy atom. The topological polar surface area (TPSA) is 12.9 Å². The average Bonchev–Trinajstić information content (AvgIpc) is 1.88. The highest BCUT2D eigenvalue weighted by atomic mass is 19.3. The van der Waals surface area contributed by atoms with Crippen LogP contribution in [0.2, 0.25) is 0 Å². The Hall–Kier alpha value is -1.06. The Morgan fingerprint density at radius 1 is 1.40 bits per heavy atom. The van der Waals surface area contributed by atoms with Crippen molar-refractivity contribution in [2.75, 3.05) is 0 Å². The van der Waals surface area contributed by atoms with Crippen molar-refractivity contribution in [3.8, 4) is 0 Å². The molecule has 0 fully saturated rings. The average molecular weight is 147 g/mol. The Bertz CT molecular complexity index is 224. The maximum Gasteiger partial charge on any atom is 0.283 e. The van der Waals surface area contributed by atoms with Gasteiger partial charge in [-0.25, -0.2) is 13.2 Å². The molecule has 54 valence electrons. The minimum atomic E-state index is -2.83. The maximum atomic E-state index is 12.3. The van der Waals surface area contributed by atoms with Crippen LogP contribution in [0.5, 0.6) is 0 Å². The van der Waals surface area contributed by atoms with Crippen LogP contribution >= 0.6 is 0 Å². The lowest BCUT2D eigenvalue weighted by Crippen LogP contribution is -1.93. The first-order chi connectivity index (χ1) is 4.72. The van der Waals surface area contributed by atoms with Crippen LogP contribution in [-0.2, 0) is 0 Å². The van der Waals surface area contributed by atoms with Crippen molar-refractivity contribution in [1.82, 2.24) is 4.98 Å². The van der Waals surface area contributed by atoms with E-state index in [1.54, 1.807) is 0 Å². The third-order valence-electron chi connectivity index (χ3n) is 0.994. The van der Waals surface area contributed by atoms with Crippen molar-refractivity contribution in [2.45, 2.75) is 6.43 Å². The molecule has 10 heavy (non-hydrogen) atoms. The summed E-state index contributed by atoms with van der Waals surface area (Å²) in [5, 5.41) is 0. The quantitative estimate of drug-likeness (QED) is 0.593. The summed E-state index contributed by atoms with van der Waals surface area (Å²) >= 11 is 0. The van der Waals surface area contributed by atoms with Gasteiger partial charge in [-0.1, -0.05) is 0 Å². The lowest BCUT2D eigenvalue weighted by molar-refractivity contribution is 0.140. The van der Waals surface area contributed by atoms with E-state index in [4.69, 9.17) is 0 Å². The molecule has 0 atom stereocenters. The molecule has 0 aliphatic rings. The van der Waals surface area contributed by atoms with Crippen LogP contribution in [-0.4, -0.2) is 4.98 Å². The van der Waals surface area contributed by atoms with Crippen LogP contribution in [0.3, 0.4) is 0 Å². The van der Waals surface area contributed by atoms with E-state index in [2.05, 4.69) is 4.98 Å². The molecule has 4 heteroatoms. The Kier molecular flexibility index (Phi) is 1.89. The van der Waals surface area contributed by atoms with Crippen LogP contribution in [0.1, 0.15) is 12.1 Å². The van der Waals surface area contributed by atoms with Crippen molar-refractivity contribution < 1.29 is 13.2 Å². The summed E-state index contributed by atoms with van der Waals surface area (Å²) in [5.41, 5.74) is -0.789. The summed E-state index contributed by atoms with van der Waals surface area (Å²) in [7, 11) is 0. The van der Waals surface area contributed by atoms with E-state index in [0.717, 1.165) is 12.3 Å². The highest BCUT2D eigenvalue weighted by Gasteiger charge is 2.12. The maximum absolute atomic E-state index is 12.3. The lowest BCUT2D eigenvalue weighted by atomic mass is 10.3. The Labute approximate surface area is 55.5 Å². The van der Waals surface area contributed by atoms with Crippen molar-refractivity contribution in [3.05, 3.63) is 29.8 Å². The van der Waals surface area contributed by atoms with E-state index in [-0.39, 0.29) is 0 Å². The van der Waals surface area contributed by atoms with E-state index >= 15 is 0 Å². The van der Waals surface area contributed by atoms with Gasteiger partial charge in [0.25, 0.3) is 6.43 Å². The summed E-state index contributed by atoms with van der Waals surface area (Å²) in [5.74, 6) is -0.961. The number of alkyl halides is 2. The zero-order valence-corrected chi connectivity index (χ0v) is 4.89. The predicted octanol–water partition coefficient (Wildman–Crippen LogP) is 2.16. The van der Waals surface area contributed by atoms with Gasteiger partial charge in [-0.2, -0.15) is 0 Å². The van der Waals surface area contributed by atoms with Crippen LogP contribution in [0, 0.1) is 5.82 Å². The lowest BCUT2D eigenvalue weighted by Gasteiger charge is -1.96. The zero-order valence-electron chi connectivity index (χ0n) is 4.89. The van der Waals surface area contributed by atoms with Crippen LogP contribution in [0.4, 0.5) is 13.2 Å². The number of aromatic nitrogens is 1. The summed E-state index contributed by atoms with van der Waals surface area (Å²) < 4.78 is 35.7. The molecule has 0 aliphatic carbocycles. The molecule has 0 saturated heterocycles. The molecule has 1 rings (SSSR count). The van der Waals surface area contributed by atoms with Crippen molar-refractivity contribution >= 4 is 0 Å². The smallest absolute Gasteiger partial charge is 0.252 e. The standard InChI is InChI=1S/C6H4F3N/c7-4-2-1-3-10-5(4)6(8)9/h1-3,6H. The molecule has 0 aliphatic heterocycles. The van der Waals surface area contributed by atoms with Crippen LogP contribution in [0.25, 0.3) is 0 Å². The zero-order chi connectivity index (χ0) is 7.56. The number of rotatable bonds is 1. The van der Waals surface area contributed by atoms with Gasteiger partial charge >= 0.3 is 0 Å². The van der Waals surface area contributed by atoms with Gasteiger partial charge in [0, 0.05) is 6.20 Å². The van der Waals surface area contributed by atoms with E-state index < -0.39 is 17.9 Å². The minimum Gasteiger partial charge on any atom is -0.252 e. The largest absolute Gasteiger partial charge is 0.283 e. The summed E-state index contributed by atoms with van der Waals surface area (Å²) in [6, 6.07) is 2.22. The third-order valence-corrected chi connectivity index (χ3v) is 0.994. The number of hydrogen-bond donors (Lipinski definition) is 0. The molecular weight excluding hydrogens is 143 g/mol. The van der Waals surface area contributed by atoms with E-state index in [1.807, 2.05) is 0 Å². The molecule has 1 aromatic heterocycles. The van der Waals surface area contributed by atoms with Gasteiger partial charge in [0.15, 0.2) is 5.82 Å². The molecule has 0 spiro atoms. The molecule has 0 amide bonds. The number of hydrogen-bond acceptors (Lipinski definition) is 1. The monoisotopic (exact) mass is 147 g/mol. The molecule has 0 N–H and O–H groups in total. The number of pyridine rings is 1. The molecule has 0 saturated carbocycles. The molecular formula is C6H4F3N. The van der Waals surface area contributed by atoms with Gasteiger partial charge in [0.05, 0.1) is 0 Å². The van der Waals surface area contributed by atoms with Gasteiger partial charge in [0.2, 0.25) is 0 Å². The molecule has 0 aromatic carbocycles. The first kappa shape index (κ1) is 7.05. The van der Waals surface area contributed by atoms with E-state index in [1.165, 1.54) is 6.07 Å². The second-order valence-corrected chi connectivity index (χ2v) is 1.67. The Balaban J connectivity index is 3.03. The second-order valence-electron chi connectivity index (χ2n) is 1.67. The van der Waals surface area contributed by atoms with Gasteiger partial charge in [-0.05, 0) is 12.1 Å². The van der Waals surface area contributed by atoms with Crippen molar-refractivity contribution in [3.63, 3.8) is 0 Å². The fourth-order valence-corrected chi connectivity index (χ4v) is 0.558. The summed E-state index contributed by atoms with van der Waals surface area (Å²) in [6.45, 7) is 0.